The third kappa shape index (κ3) is 12.4. The van der Waals surface area contributed by atoms with Gasteiger partial charge in [0.1, 0.15) is 0 Å². The van der Waals surface area contributed by atoms with E-state index in [4.69, 9.17) is 16.6 Å². The maximum atomic E-state index is 10.3. The zero-order valence-corrected chi connectivity index (χ0v) is 14.4. The number of carboxylic acid groups (broad SMARTS) is 1. The quantitative estimate of drug-likeness (QED) is 0.722. The first-order valence-corrected chi connectivity index (χ1v) is 7.88. The van der Waals surface area contributed by atoms with Crippen molar-refractivity contribution in [2.75, 3.05) is 6.54 Å². The Morgan fingerprint density at radius 2 is 1.77 bits per heavy atom. The summed E-state index contributed by atoms with van der Waals surface area (Å²) in [5, 5.41) is 8.47. The van der Waals surface area contributed by atoms with Gasteiger partial charge in [0.15, 0.2) is 0 Å². The van der Waals surface area contributed by atoms with Crippen LogP contribution in [0.3, 0.4) is 0 Å². The second-order valence-electron chi connectivity index (χ2n) is 6.98. The van der Waals surface area contributed by atoms with Crippen molar-refractivity contribution < 1.29 is 9.90 Å². The van der Waals surface area contributed by atoms with Crippen molar-refractivity contribution in [3.8, 4) is 0 Å². The number of aliphatic carboxylic acids is 1. The molecule has 0 aliphatic heterocycles. The van der Waals surface area contributed by atoms with Crippen LogP contribution in [0.1, 0.15) is 46.1 Å². The van der Waals surface area contributed by atoms with Crippen LogP contribution in [-0.2, 0) is 11.2 Å². The molecule has 0 heterocycles. The van der Waals surface area contributed by atoms with Crippen LogP contribution in [0.4, 0.5) is 0 Å². The zero-order chi connectivity index (χ0) is 17.2. The first-order chi connectivity index (χ1) is 10.1. The molecule has 4 heteroatoms. The lowest BCUT2D eigenvalue weighted by Gasteiger charge is -2.17. The summed E-state index contributed by atoms with van der Waals surface area (Å²) in [5.74, 6) is -0.0727. The molecule has 1 aromatic rings. The molecule has 1 atom stereocenters. The molecule has 0 amide bonds. The van der Waals surface area contributed by atoms with E-state index in [1.165, 1.54) is 5.56 Å². The minimum Gasteiger partial charge on any atom is -0.481 e. The number of hydrogen-bond donors (Lipinski definition) is 3. The summed E-state index contributed by atoms with van der Waals surface area (Å²) >= 11 is 0. The fourth-order valence-corrected chi connectivity index (χ4v) is 2.30. The normalized spacial score (nSPS) is 12.5. The van der Waals surface area contributed by atoms with E-state index in [9.17, 15) is 4.79 Å². The third-order valence-corrected chi connectivity index (χ3v) is 3.10. The van der Waals surface area contributed by atoms with E-state index in [2.05, 4.69) is 26.0 Å². The van der Waals surface area contributed by atoms with Crippen LogP contribution < -0.4 is 11.5 Å². The van der Waals surface area contributed by atoms with Crippen molar-refractivity contribution in [3.05, 3.63) is 35.9 Å². The van der Waals surface area contributed by atoms with Gasteiger partial charge in [-0.05, 0) is 50.6 Å². The van der Waals surface area contributed by atoms with Gasteiger partial charge in [-0.2, -0.15) is 0 Å². The smallest absolute Gasteiger partial charge is 0.303 e. The number of hydrogen-bond acceptors (Lipinski definition) is 3. The highest BCUT2D eigenvalue weighted by Crippen LogP contribution is 2.13. The van der Waals surface area contributed by atoms with Crippen LogP contribution >= 0.6 is 0 Å². The van der Waals surface area contributed by atoms with E-state index in [1.54, 1.807) is 0 Å². The second kappa shape index (κ2) is 10.4. The Morgan fingerprint density at radius 1 is 1.23 bits per heavy atom. The first-order valence-electron chi connectivity index (χ1n) is 7.88. The predicted molar refractivity (Wildman–Crippen MR) is 92.7 cm³/mol. The Morgan fingerprint density at radius 3 is 2.14 bits per heavy atom. The highest BCUT2D eigenvalue weighted by molar-refractivity contribution is 5.67. The van der Waals surface area contributed by atoms with Crippen LogP contribution in [0.15, 0.2) is 30.3 Å². The molecule has 126 valence electrons. The van der Waals surface area contributed by atoms with Gasteiger partial charge in [-0.1, -0.05) is 44.2 Å². The fourth-order valence-electron chi connectivity index (χ4n) is 2.30. The first kappa shape index (κ1) is 20.6. The standard InChI is InChI=1S/C10H15N.C8H17NO2/c1-10(2,11)8-9-6-4-3-5-7-9;1-6(2)3-7(5-9)4-8(10)11/h3-7H,8,11H2,1-2H3;6-7H,3-5,9H2,1-2H3,(H,10,11)/t;7-/m.0/s1. The Kier molecular flexibility index (Phi) is 9.70. The van der Waals surface area contributed by atoms with E-state index in [0.29, 0.717) is 12.5 Å². The lowest BCUT2D eigenvalue weighted by Crippen LogP contribution is -2.34. The van der Waals surface area contributed by atoms with E-state index in [-0.39, 0.29) is 17.9 Å². The highest BCUT2D eigenvalue weighted by atomic mass is 16.4. The minimum absolute atomic E-state index is 0.0959. The van der Waals surface area contributed by atoms with Crippen molar-refractivity contribution in [2.45, 2.75) is 52.5 Å². The number of carboxylic acids is 1. The molecule has 0 spiro atoms. The zero-order valence-electron chi connectivity index (χ0n) is 14.4. The Balaban J connectivity index is 0.000000401. The van der Waals surface area contributed by atoms with E-state index in [1.807, 2.05) is 32.0 Å². The SMILES string of the molecule is CC(C)(N)Cc1ccccc1.CC(C)C[C@H](CN)CC(=O)O. The summed E-state index contributed by atoms with van der Waals surface area (Å²) in [6.07, 6.45) is 2.05. The fraction of sp³-hybridized carbons (Fsp3) is 0.611. The molecule has 4 nitrogen and oxygen atoms in total. The monoisotopic (exact) mass is 308 g/mol. The van der Waals surface area contributed by atoms with Crippen LogP contribution in [0.5, 0.6) is 0 Å². The van der Waals surface area contributed by atoms with Crippen molar-refractivity contribution in [3.63, 3.8) is 0 Å². The molecule has 1 aromatic carbocycles. The van der Waals surface area contributed by atoms with Crippen molar-refractivity contribution in [2.24, 2.45) is 23.3 Å². The Hall–Kier alpha value is -1.39. The number of carbonyl (C=O) groups is 1. The van der Waals surface area contributed by atoms with Crippen LogP contribution in [0.25, 0.3) is 0 Å². The highest BCUT2D eigenvalue weighted by Gasteiger charge is 2.12. The molecule has 0 bridgehead atoms. The van der Waals surface area contributed by atoms with Gasteiger partial charge in [0.05, 0.1) is 0 Å². The maximum absolute atomic E-state index is 10.3. The van der Waals surface area contributed by atoms with Gasteiger partial charge in [-0.25, -0.2) is 0 Å². The molecule has 22 heavy (non-hydrogen) atoms. The summed E-state index contributed by atoms with van der Waals surface area (Å²) in [6, 6.07) is 10.3. The van der Waals surface area contributed by atoms with Gasteiger partial charge >= 0.3 is 5.97 Å². The van der Waals surface area contributed by atoms with Crippen LogP contribution in [0.2, 0.25) is 0 Å². The molecule has 0 aliphatic rings. The predicted octanol–water partition coefficient (Wildman–Crippen LogP) is 3.05. The second-order valence-corrected chi connectivity index (χ2v) is 6.98. The summed E-state index contributed by atoms with van der Waals surface area (Å²) < 4.78 is 0. The van der Waals surface area contributed by atoms with E-state index >= 15 is 0 Å². The van der Waals surface area contributed by atoms with Crippen molar-refractivity contribution >= 4 is 5.97 Å². The lowest BCUT2D eigenvalue weighted by atomic mass is 9.94. The number of nitrogens with two attached hydrogens (primary N) is 2. The third-order valence-electron chi connectivity index (χ3n) is 3.10. The van der Waals surface area contributed by atoms with Gasteiger partial charge in [-0.15, -0.1) is 0 Å². The average molecular weight is 308 g/mol. The number of rotatable bonds is 7. The molecule has 0 saturated carbocycles. The molecular formula is C18H32N2O2. The molecule has 0 unspecified atom stereocenters. The summed E-state index contributed by atoms with van der Waals surface area (Å²) in [6.45, 7) is 8.71. The Labute approximate surface area is 134 Å². The van der Waals surface area contributed by atoms with Crippen LogP contribution in [-0.4, -0.2) is 23.2 Å². The average Bonchev–Trinajstić information content (AvgIpc) is 2.36. The summed E-state index contributed by atoms with van der Waals surface area (Å²) in [5.41, 5.74) is 12.5. The number of benzene rings is 1. The van der Waals surface area contributed by atoms with Gasteiger partial charge < -0.3 is 16.6 Å². The molecule has 0 radical (unpaired) electrons. The summed E-state index contributed by atoms with van der Waals surface area (Å²) in [7, 11) is 0. The molecule has 1 rings (SSSR count). The summed E-state index contributed by atoms with van der Waals surface area (Å²) in [4.78, 5) is 10.3. The minimum atomic E-state index is -0.749. The molecule has 0 aromatic heterocycles. The van der Waals surface area contributed by atoms with E-state index < -0.39 is 5.97 Å². The Bertz CT molecular complexity index is 411. The molecule has 0 saturated heterocycles. The van der Waals surface area contributed by atoms with Gasteiger partial charge in [0.2, 0.25) is 0 Å². The van der Waals surface area contributed by atoms with Gasteiger partial charge in [-0.3, -0.25) is 4.79 Å². The maximum Gasteiger partial charge on any atom is 0.303 e. The topological polar surface area (TPSA) is 89.3 Å². The van der Waals surface area contributed by atoms with Crippen LogP contribution in [0, 0.1) is 11.8 Å². The largest absolute Gasteiger partial charge is 0.481 e. The molecule has 0 aliphatic carbocycles. The molecular weight excluding hydrogens is 276 g/mol. The van der Waals surface area contributed by atoms with Crippen molar-refractivity contribution in [1.29, 1.82) is 0 Å². The molecule has 0 fully saturated rings. The van der Waals surface area contributed by atoms with Gasteiger partial charge in [0.25, 0.3) is 0 Å². The van der Waals surface area contributed by atoms with Crippen molar-refractivity contribution in [1.82, 2.24) is 0 Å². The van der Waals surface area contributed by atoms with E-state index in [0.717, 1.165) is 12.8 Å². The molecule has 5 N–H and O–H groups in total. The van der Waals surface area contributed by atoms with Gasteiger partial charge in [0, 0.05) is 12.0 Å². The lowest BCUT2D eigenvalue weighted by molar-refractivity contribution is -0.138.